The molecule has 0 saturated carbocycles. The van der Waals surface area contributed by atoms with Crippen LogP contribution >= 0.6 is 0 Å². The first-order chi connectivity index (χ1) is 16.1. The standard InChI is InChI=1S/C27H28FN5/c1-3-32(16-20-4-5-21-10-12-30-25(21)14-20)13-11-19(2)24-17-33(23-8-6-22(28)7-9-23)26-15-29-18-31-27(24)26/h4-10,12,14-15,17-19,30H,3,11,13,16H2,1-2H3. The molecule has 5 aromatic rings. The molecule has 5 nitrogen and oxygen atoms in total. The maximum Gasteiger partial charge on any atom is 0.123 e. The van der Waals surface area contributed by atoms with Gasteiger partial charge in [-0.1, -0.05) is 26.0 Å². The predicted molar refractivity (Wildman–Crippen MR) is 131 cm³/mol. The van der Waals surface area contributed by atoms with Gasteiger partial charge in [0.25, 0.3) is 0 Å². The second-order valence-corrected chi connectivity index (χ2v) is 8.65. The van der Waals surface area contributed by atoms with Crippen molar-refractivity contribution in [2.45, 2.75) is 32.7 Å². The lowest BCUT2D eigenvalue weighted by molar-refractivity contribution is 0.270. The molecule has 1 atom stereocenters. The number of aromatic nitrogens is 4. The van der Waals surface area contributed by atoms with Crippen LogP contribution in [0.25, 0.3) is 27.6 Å². The monoisotopic (exact) mass is 441 g/mol. The highest BCUT2D eigenvalue weighted by molar-refractivity contribution is 5.81. The Kier molecular flexibility index (Phi) is 5.92. The number of benzene rings is 2. The number of rotatable bonds is 8. The molecular formula is C27H28FN5. The molecule has 0 aliphatic rings. The van der Waals surface area contributed by atoms with Gasteiger partial charge in [0.15, 0.2) is 0 Å². The molecule has 0 spiro atoms. The van der Waals surface area contributed by atoms with E-state index in [2.05, 4.69) is 68.7 Å². The summed E-state index contributed by atoms with van der Waals surface area (Å²) in [5, 5.41) is 1.25. The molecule has 0 radical (unpaired) electrons. The first kappa shape index (κ1) is 21.3. The maximum atomic E-state index is 13.4. The number of nitrogens with zero attached hydrogens (tertiary/aromatic N) is 4. The minimum atomic E-state index is -0.241. The Labute approximate surface area is 192 Å². The number of aromatic amines is 1. The fourth-order valence-corrected chi connectivity index (χ4v) is 4.50. The smallest absolute Gasteiger partial charge is 0.123 e. The first-order valence-electron chi connectivity index (χ1n) is 11.5. The van der Waals surface area contributed by atoms with E-state index >= 15 is 0 Å². The van der Waals surface area contributed by atoms with Crippen molar-refractivity contribution in [3.63, 3.8) is 0 Å². The van der Waals surface area contributed by atoms with Crippen LogP contribution < -0.4 is 0 Å². The molecule has 6 heteroatoms. The van der Waals surface area contributed by atoms with E-state index in [-0.39, 0.29) is 5.82 Å². The second kappa shape index (κ2) is 9.16. The van der Waals surface area contributed by atoms with Crippen LogP contribution in [0.2, 0.25) is 0 Å². The zero-order valence-corrected chi connectivity index (χ0v) is 19.0. The third kappa shape index (κ3) is 4.39. The van der Waals surface area contributed by atoms with E-state index in [1.165, 1.54) is 34.2 Å². The Bertz CT molecular complexity index is 1370. The molecule has 2 aromatic carbocycles. The Morgan fingerprint density at radius 2 is 1.97 bits per heavy atom. The van der Waals surface area contributed by atoms with Crippen molar-refractivity contribution < 1.29 is 4.39 Å². The van der Waals surface area contributed by atoms with Crippen LogP contribution in [-0.4, -0.2) is 37.5 Å². The highest BCUT2D eigenvalue weighted by Crippen LogP contribution is 2.30. The molecule has 1 N–H and O–H groups in total. The van der Waals surface area contributed by atoms with Gasteiger partial charge in [-0.3, -0.25) is 4.90 Å². The van der Waals surface area contributed by atoms with Gasteiger partial charge < -0.3 is 9.55 Å². The topological polar surface area (TPSA) is 49.7 Å². The lowest BCUT2D eigenvalue weighted by Gasteiger charge is -2.22. The third-order valence-corrected chi connectivity index (χ3v) is 6.48. The Balaban J connectivity index is 1.34. The summed E-state index contributed by atoms with van der Waals surface area (Å²) in [5.41, 5.74) is 6.51. The minimum Gasteiger partial charge on any atom is -0.361 e. The Morgan fingerprint density at radius 1 is 1.12 bits per heavy atom. The van der Waals surface area contributed by atoms with Crippen molar-refractivity contribution in [1.82, 2.24) is 24.4 Å². The average Bonchev–Trinajstić information content (AvgIpc) is 3.46. The molecule has 1 unspecified atom stereocenters. The quantitative estimate of drug-likeness (QED) is 0.319. The zero-order chi connectivity index (χ0) is 22.8. The lowest BCUT2D eigenvalue weighted by Crippen LogP contribution is -2.25. The molecule has 33 heavy (non-hydrogen) atoms. The van der Waals surface area contributed by atoms with Crippen LogP contribution in [0, 0.1) is 5.82 Å². The molecular weight excluding hydrogens is 413 g/mol. The van der Waals surface area contributed by atoms with E-state index in [9.17, 15) is 4.39 Å². The molecule has 3 aromatic heterocycles. The summed E-state index contributed by atoms with van der Waals surface area (Å²) in [7, 11) is 0. The lowest BCUT2D eigenvalue weighted by atomic mass is 9.99. The normalized spacial score (nSPS) is 12.7. The van der Waals surface area contributed by atoms with E-state index in [1.807, 2.05) is 12.4 Å². The summed E-state index contributed by atoms with van der Waals surface area (Å²) in [4.78, 5) is 14.6. The second-order valence-electron chi connectivity index (χ2n) is 8.65. The van der Waals surface area contributed by atoms with E-state index in [4.69, 9.17) is 0 Å². The zero-order valence-electron chi connectivity index (χ0n) is 19.0. The first-order valence-corrected chi connectivity index (χ1v) is 11.5. The van der Waals surface area contributed by atoms with Crippen molar-refractivity contribution in [2.75, 3.05) is 13.1 Å². The number of nitrogens with one attached hydrogen (secondary N) is 1. The highest BCUT2D eigenvalue weighted by Gasteiger charge is 2.18. The average molecular weight is 442 g/mol. The van der Waals surface area contributed by atoms with Crippen LogP contribution in [0.15, 0.2) is 73.4 Å². The predicted octanol–water partition coefficient (Wildman–Crippen LogP) is 6.06. The van der Waals surface area contributed by atoms with Gasteiger partial charge in [0, 0.05) is 30.1 Å². The van der Waals surface area contributed by atoms with Crippen molar-refractivity contribution in [2.24, 2.45) is 0 Å². The molecule has 168 valence electrons. The Morgan fingerprint density at radius 3 is 2.79 bits per heavy atom. The van der Waals surface area contributed by atoms with Gasteiger partial charge in [-0.05, 0) is 78.3 Å². The van der Waals surface area contributed by atoms with Crippen LogP contribution in [0.4, 0.5) is 4.39 Å². The van der Waals surface area contributed by atoms with Gasteiger partial charge in [-0.2, -0.15) is 0 Å². The number of halogens is 1. The summed E-state index contributed by atoms with van der Waals surface area (Å²) in [6.07, 6.45) is 8.57. The summed E-state index contributed by atoms with van der Waals surface area (Å²) in [5.74, 6) is 0.0826. The van der Waals surface area contributed by atoms with E-state index in [1.54, 1.807) is 18.5 Å². The molecule has 0 amide bonds. The van der Waals surface area contributed by atoms with Gasteiger partial charge in [0.2, 0.25) is 0 Å². The molecule has 3 heterocycles. The van der Waals surface area contributed by atoms with E-state index in [0.29, 0.717) is 5.92 Å². The van der Waals surface area contributed by atoms with Crippen molar-refractivity contribution in [3.05, 3.63) is 90.4 Å². The maximum absolute atomic E-state index is 13.4. The number of hydrogen-bond donors (Lipinski definition) is 1. The molecule has 0 saturated heterocycles. The molecule has 5 rings (SSSR count). The van der Waals surface area contributed by atoms with E-state index < -0.39 is 0 Å². The summed E-state index contributed by atoms with van der Waals surface area (Å²) < 4.78 is 15.5. The largest absolute Gasteiger partial charge is 0.361 e. The molecule has 0 fully saturated rings. The molecule has 0 bridgehead atoms. The van der Waals surface area contributed by atoms with Crippen LogP contribution in [0.3, 0.4) is 0 Å². The fourth-order valence-electron chi connectivity index (χ4n) is 4.50. The Hall–Kier alpha value is -3.51. The fraction of sp³-hybridized carbons (Fsp3) is 0.259. The molecule has 0 aliphatic carbocycles. The van der Waals surface area contributed by atoms with Gasteiger partial charge in [0.05, 0.1) is 17.2 Å². The van der Waals surface area contributed by atoms with Gasteiger partial charge in [-0.15, -0.1) is 0 Å². The van der Waals surface area contributed by atoms with Crippen molar-refractivity contribution in [3.8, 4) is 5.69 Å². The number of fused-ring (bicyclic) bond motifs is 2. The summed E-state index contributed by atoms with van der Waals surface area (Å²) >= 11 is 0. The summed E-state index contributed by atoms with van der Waals surface area (Å²) in [6, 6.07) is 15.3. The van der Waals surface area contributed by atoms with Gasteiger partial charge >= 0.3 is 0 Å². The SMILES string of the molecule is CCN(CCC(C)c1cn(-c2ccc(F)cc2)c2cncnc12)Cc1ccc2cc[nH]c2c1. The van der Waals surface area contributed by atoms with Crippen molar-refractivity contribution >= 4 is 21.9 Å². The minimum absolute atomic E-state index is 0.241. The van der Waals surface area contributed by atoms with Crippen LogP contribution in [-0.2, 0) is 6.54 Å². The van der Waals surface area contributed by atoms with E-state index in [0.717, 1.165) is 42.8 Å². The number of hydrogen-bond acceptors (Lipinski definition) is 3. The van der Waals surface area contributed by atoms with Gasteiger partial charge in [0.1, 0.15) is 12.1 Å². The highest BCUT2D eigenvalue weighted by atomic mass is 19.1. The number of H-pyrrole nitrogens is 1. The summed E-state index contributed by atoms with van der Waals surface area (Å²) in [6.45, 7) is 7.39. The van der Waals surface area contributed by atoms with Crippen LogP contribution in [0.5, 0.6) is 0 Å². The van der Waals surface area contributed by atoms with Crippen LogP contribution in [0.1, 0.15) is 37.3 Å². The van der Waals surface area contributed by atoms with Gasteiger partial charge in [-0.25, -0.2) is 14.4 Å². The van der Waals surface area contributed by atoms with Crippen molar-refractivity contribution in [1.29, 1.82) is 0 Å². The molecule has 0 aliphatic heterocycles. The third-order valence-electron chi connectivity index (χ3n) is 6.48.